The molecule has 0 amide bonds. The molecule has 1 saturated heterocycles. The zero-order valence-electron chi connectivity index (χ0n) is 17.1. The molecular formula is C21H37IN4O. The standard InChI is InChI=1S/C21H36N4O.HI/c1-4-22-21(24-17-19-11-14-25(3)15-12-19)23-13-8-16-26-18(2)20-9-6-5-7-10-20;/h5-7,9-10,18-19H,4,8,11-17H2,1-3H3,(H2,22,23,24);1H. The van der Waals surface area contributed by atoms with Gasteiger partial charge >= 0.3 is 0 Å². The van der Waals surface area contributed by atoms with Gasteiger partial charge in [0.1, 0.15) is 0 Å². The highest BCUT2D eigenvalue weighted by Gasteiger charge is 2.16. The summed E-state index contributed by atoms with van der Waals surface area (Å²) in [6.07, 6.45) is 3.62. The lowest BCUT2D eigenvalue weighted by Gasteiger charge is -2.28. The van der Waals surface area contributed by atoms with E-state index in [0.717, 1.165) is 44.5 Å². The number of ether oxygens (including phenoxy) is 1. The fraction of sp³-hybridized carbons (Fsp3) is 0.667. The zero-order chi connectivity index (χ0) is 18.6. The number of guanidine groups is 1. The van der Waals surface area contributed by atoms with E-state index >= 15 is 0 Å². The molecule has 6 heteroatoms. The Kier molecular flexibility index (Phi) is 12.7. The van der Waals surface area contributed by atoms with Crippen molar-refractivity contribution >= 4 is 29.9 Å². The smallest absolute Gasteiger partial charge is 0.191 e. The lowest BCUT2D eigenvalue weighted by molar-refractivity contribution is 0.0646. The first-order chi connectivity index (χ1) is 12.7. The number of rotatable bonds is 9. The van der Waals surface area contributed by atoms with Crippen LogP contribution >= 0.6 is 24.0 Å². The summed E-state index contributed by atoms with van der Waals surface area (Å²) in [5.41, 5.74) is 1.23. The van der Waals surface area contributed by atoms with Gasteiger partial charge in [0.05, 0.1) is 6.10 Å². The number of halogens is 1. The molecule has 1 fully saturated rings. The van der Waals surface area contributed by atoms with Gasteiger partial charge in [-0.2, -0.15) is 0 Å². The average Bonchev–Trinajstić information content (AvgIpc) is 2.67. The number of benzene rings is 1. The SMILES string of the molecule is CCNC(=NCC1CCN(C)CC1)NCCCOC(C)c1ccccc1.I. The van der Waals surface area contributed by atoms with Crippen LogP contribution in [-0.2, 0) is 4.74 Å². The first-order valence-electron chi connectivity index (χ1n) is 10.1. The molecule has 5 nitrogen and oxygen atoms in total. The molecule has 2 rings (SSSR count). The van der Waals surface area contributed by atoms with Gasteiger partial charge in [0.2, 0.25) is 0 Å². The predicted octanol–water partition coefficient (Wildman–Crippen LogP) is 3.67. The highest BCUT2D eigenvalue weighted by Crippen LogP contribution is 2.16. The summed E-state index contributed by atoms with van der Waals surface area (Å²) >= 11 is 0. The van der Waals surface area contributed by atoms with E-state index in [4.69, 9.17) is 9.73 Å². The van der Waals surface area contributed by atoms with Crippen LogP contribution in [0.1, 0.15) is 44.8 Å². The first kappa shape index (κ1) is 24.2. The molecule has 0 spiro atoms. The van der Waals surface area contributed by atoms with Gasteiger partial charge in [-0.1, -0.05) is 30.3 Å². The minimum absolute atomic E-state index is 0. The predicted molar refractivity (Wildman–Crippen MR) is 125 cm³/mol. The molecule has 154 valence electrons. The molecule has 1 aliphatic heterocycles. The monoisotopic (exact) mass is 488 g/mol. The minimum Gasteiger partial charge on any atom is -0.374 e. The van der Waals surface area contributed by atoms with E-state index in [1.807, 2.05) is 6.07 Å². The van der Waals surface area contributed by atoms with E-state index in [-0.39, 0.29) is 30.1 Å². The van der Waals surface area contributed by atoms with Crippen molar-refractivity contribution in [1.29, 1.82) is 0 Å². The maximum Gasteiger partial charge on any atom is 0.191 e. The van der Waals surface area contributed by atoms with Gasteiger partial charge in [-0.25, -0.2) is 0 Å². The fourth-order valence-electron chi connectivity index (χ4n) is 3.17. The Labute approximate surface area is 182 Å². The van der Waals surface area contributed by atoms with Crippen molar-refractivity contribution in [2.45, 2.75) is 39.2 Å². The first-order valence-corrected chi connectivity index (χ1v) is 10.1. The number of hydrogen-bond acceptors (Lipinski definition) is 3. The fourth-order valence-corrected chi connectivity index (χ4v) is 3.17. The van der Waals surface area contributed by atoms with E-state index in [0.29, 0.717) is 0 Å². The second kappa shape index (κ2) is 14.2. The minimum atomic E-state index is 0. The number of likely N-dealkylation sites (tertiary alicyclic amines) is 1. The summed E-state index contributed by atoms with van der Waals surface area (Å²) in [6.45, 7) is 10.0. The maximum atomic E-state index is 5.93. The molecule has 0 bridgehead atoms. The molecule has 2 N–H and O–H groups in total. The van der Waals surface area contributed by atoms with Gasteiger partial charge in [-0.05, 0) is 64.7 Å². The molecule has 0 aliphatic carbocycles. The molecule has 1 heterocycles. The number of nitrogens with zero attached hydrogens (tertiary/aromatic N) is 2. The summed E-state index contributed by atoms with van der Waals surface area (Å²) in [7, 11) is 2.20. The van der Waals surface area contributed by atoms with Crippen LogP contribution in [0.15, 0.2) is 35.3 Å². The van der Waals surface area contributed by atoms with Gasteiger partial charge < -0.3 is 20.3 Å². The molecule has 1 aliphatic rings. The van der Waals surface area contributed by atoms with Gasteiger partial charge in [0, 0.05) is 26.2 Å². The number of hydrogen-bond donors (Lipinski definition) is 2. The third kappa shape index (κ3) is 9.76. The van der Waals surface area contributed by atoms with E-state index < -0.39 is 0 Å². The van der Waals surface area contributed by atoms with Crippen LogP contribution in [0.2, 0.25) is 0 Å². The molecule has 27 heavy (non-hydrogen) atoms. The zero-order valence-corrected chi connectivity index (χ0v) is 19.4. The van der Waals surface area contributed by atoms with E-state index in [1.165, 1.54) is 31.5 Å². The summed E-state index contributed by atoms with van der Waals surface area (Å²) in [6, 6.07) is 10.4. The highest BCUT2D eigenvalue weighted by atomic mass is 127. The quantitative estimate of drug-likeness (QED) is 0.241. The van der Waals surface area contributed by atoms with Crippen molar-refractivity contribution in [1.82, 2.24) is 15.5 Å². The van der Waals surface area contributed by atoms with Crippen LogP contribution in [0.5, 0.6) is 0 Å². The summed E-state index contributed by atoms with van der Waals surface area (Å²) in [5.74, 6) is 1.65. The molecule has 0 aromatic heterocycles. The van der Waals surface area contributed by atoms with Crippen LogP contribution in [0.4, 0.5) is 0 Å². The molecule has 0 saturated carbocycles. The van der Waals surface area contributed by atoms with Crippen molar-refractivity contribution in [2.75, 3.05) is 46.4 Å². The van der Waals surface area contributed by atoms with E-state index in [9.17, 15) is 0 Å². The van der Waals surface area contributed by atoms with Crippen molar-refractivity contribution in [3.8, 4) is 0 Å². The lowest BCUT2D eigenvalue weighted by Crippen LogP contribution is -2.39. The number of piperidine rings is 1. The molecule has 0 radical (unpaired) electrons. The van der Waals surface area contributed by atoms with Crippen LogP contribution in [0, 0.1) is 5.92 Å². The van der Waals surface area contributed by atoms with Crippen LogP contribution in [0.25, 0.3) is 0 Å². The Bertz CT molecular complexity index is 518. The third-order valence-corrected chi connectivity index (χ3v) is 4.94. The molecule has 1 aromatic carbocycles. The Morgan fingerprint density at radius 2 is 1.93 bits per heavy atom. The Morgan fingerprint density at radius 3 is 2.59 bits per heavy atom. The maximum absolute atomic E-state index is 5.93. The van der Waals surface area contributed by atoms with Crippen LogP contribution in [0.3, 0.4) is 0 Å². The molecule has 1 unspecified atom stereocenters. The Morgan fingerprint density at radius 1 is 1.22 bits per heavy atom. The molecule has 1 atom stereocenters. The third-order valence-electron chi connectivity index (χ3n) is 4.94. The van der Waals surface area contributed by atoms with Crippen molar-refractivity contribution in [3.05, 3.63) is 35.9 Å². The summed E-state index contributed by atoms with van der Waals surface area (Å²) in [5, 5.41) is 6.78. The van der Waals surface area contributed by atoms with Gasteiger partial charge in [0.15, 0.2) is 5.96 Å². The topological polar surface area (TPSA) is 48.9 Å². The Balaban J connectivity index is 0.00000364. The van der Waals surface area contributed by atoms with Crippen molar-refractivity contribution in [3.63, 3.8) is 0 Å². The number of aliphatic imine (C=N–C) groups is 1. The van der Waals surface area contributed by atoms with Gasteiger partial charge in [-0.3, -0.25) is 4.99 Å². The van der Waals surface area contributed by atoms with Gasteiger partial charge in [0.25, 0.3) is 0 Å². The van der Waals surface area contributed by atoms with Crippen LogP contribution in [-0.4, -0.2) is 57.2 Å². The lowest BCUT2D eigenvalue weighted by atomic mass is 9.97. The second-order valence-corrected chi connectivity index (χ2v) is 7.17. The normalized spacial score (nSPS) is 17.2. The van der Waals surface area contributed by atoms with Crippen LogP contribution < -0.4 is 10.6 Å². The van der Waals surface area contributed by atoms with Gasteiger partial charge in [-0.15, -0.1) is 24.0 Å². The second-order valence-electron chi connectivity index (χ2n) is 7.17. The highest BCUT2D eigenvalue weighted by molar-refractivity contribution is 14.0. The molecular weight excluding hydrogens is 451 g/mol. The largest absolute Gasteiger partial charge is 0.374 e. The summed E-state index contributed by atoms with van der Waals surface area (Å²) in [4.78, 5) is 7.18. The van der Waals surface area contributed by atoms with E-state index in [2.05, 4.69) is 60.7 Å². The summed E-state index contributed by atoms with van der Waals surface area (Å²) < 4.78 is 5.93. The Hall–Kier alpha value is -0.860. The van der Waals surface area contributed by atoms with Crippen molar-refractivity contribution in [2.24, 2.45) is 10.9 Å². The average molecular weight is 488 g/mol. The number of nitrogens with one attached hydrogen (secondary N) is 2. The van der Waals surface area contributed by atoms with Crippen molar-refractivity contribution < 1.29 is 4.74 Å². The van der Waals surface area contributed by atoms with E-state index in [1.54, 1.807) is 0 Å². The molecule has 1 aromatic rings.